The average molecular weight is 732 g/mol. The molecular weight excluding hydrogens is 668 g/mol. The number of carboxylic acid groups (broad SMARTS) is 1. The van der Waals surface area contributed by atoms with E-state index in [0.29, 0.717) is 50.2 Å². The molecule has 292 valence electrons. The molecule has 12 heteroatoms. The third kappa shape index (κ3) is 9.49. The first kappa shape index (κ1) is 39.8. The second-order valence-corrected chi connectivity index (χ2v) is 16.8. The van der Waals surface area contributed by atoms with E-state index in [0.717, 1.165) is 44.1 Å². The second kappa shape index (κ2) is 18.2. The molecule has 0 spiro atoms. The molecule has 12 atom stereocenters. The molecular formula is C40H63N2O10+. The Bertz CT molecular complexity index is 1250. The zero-order chi connectivity index (χ0) is 36.8. The third-order valence-corrected chi connectivity index (χ3v) is 13.2. The van der Waals surface area contributed by atoms with E-state index in [-0.39, 0.29) is 36.5 Å². The summed E-state index contributed by atoms with van der Waals surface area (Å²) in [5, 5.41) is 68.6. The molecule has 6 aliphatic rings. The Labute approximate surface area is 308 Å². The number of aliphatic hydroxyl groups excluding tert-OH is 4. The fourth-order valence-electron chi connectivity index (χ4n) is 9.75. The van der Waals surface area contributed by atoms with Gasteiger partial charge in [0.2, 0.25) is 0 Å². The quantitative estimate of drug-likeness (QED) is 0.103. The maximum Gasteiger partial charge on any atom is 0.335 e. The number of nitrogens with zero attached hydrogens (tertiary/aromatic N) is 1. The second-order valence-electron chi connectivity index (χ2n) is 16.8. The summed E-state index contributed by atoms with van der Waals surface area (Å²) in [6.45, 7) is 4.71. The molecule has 52 heavy (non-hydrogen) atoms. The number of hydrogen-bond acceptors (Lipinski definition) is 11. The highest BCUT2D eigenvalue weighted by atomic mass is 16.7. The van der Waals surface area contributed by atoms with E-state index in [2.05, 4.69) is 29.4 Å². The Hall–Kier alpha value is -1.87. The maximum absolute atomic E-state index is 12.1. The highest BCUT2D eigenvalue weighted by Gasteiger charge is 2.58. The van der Waals surface area contributed by atoms with E-state index >= 15 is 0 Å². The van der Waals surface area contributed by atoms with Crippen molar-refractivity contribution in [3.63, 3.8) is 0 Å². The number of rotatable bonds is 14. The van der Waals surface area contributed by atoms with Gasteiger partial charge in [-0.1, -0.05) is 38.3 Å². The van der Waals surface area contributed by atoms with Crippen LogP contribution in [0, 0.1) is 42.1 Å². The number of carboxylic acids is 1. The summed E-state index contributed by atoms with van der Waals surface area (Å²) < 4.78 is 18.4. The van der Waals surface area contributed by atoms with Crippen LogP contribution in [0.15, 0.2) is 28.8 Å². The van der Waals surface area contributed by atoms with Gasteiger partial charge < -0.3 is 50.2 Å². The topological polar surface area (TPSA) is 191 Å². The van der Waals surface area contributed by atoms with Crippen LogP contribution in [0.3, 0.4) is 0 Å². The molecule has 3 heterocycles. The molecule has 3 aliphatic heterocycles. The van der Waals surface area contributed by atoms with E-state index in [4.69, 9.17) is 14.2 Å². The van der Waals surface area contributed by atoms with Gasteiger partial charge in [-0.3, -0.25) is 0 Å². The lowest BCUT2D eigenvalue weighted by molar-refractivity contribution is -0.345. The lowest BCUT2D eigenvalue weighted by atomic mass is 9.69. The molecule has 0 radical (unpaired) electrons. The van der Waals surface area contributed by atoms with Crippen molar-refractivity contribution in [1.29, 1.82) is 0 Å². The van der Waals surface area contributed by atoms with E-state index < -0.39 is 48.4 Å². The first-order chi connectivity index (χ1) is 25.0. The van der Waals surface area contributed by atoms with Gasteiger partial charge in [-0.2, -0.15) is 0 Å². The molecule has 0 bridgehead atoms. The molecule has 0 amide bonds. The van der Waals surface area contributed by atoms with E-state index in [1.165, 1.54) is 32.1 Å². The monoisotopic (exact) mass is 731 g/mol. The van der Waals surface area contributed by atoms with Gasteiger partial charge in [0, 0.05) is 31.2 Å². The van der Waals surface area contributed by atoms with Crippen molar-refractivity contribution < 1.29 is 49.6 Å². The van der Waals surface area contributed by atoms with Gasteiger partial charge >= 0.3 is 5.97 Å². The number of hydrogen-bond donors (Lipinski definition) is 7. The molecule has 3 aliphatic carbocycles. The number of allylic oxidation sites excluding steroid dienone is 3. The van der Waals surface area contributed by atoms with Gasteiger partial charge in [0.05, 0.1) is 37.1 Å². The van der Waals surface area contributed by atoms with Crippen LogP contribution in [0.25, 0.3) is 0 Å². The Morgan fingerprint density at radius 1 is 1.06 bits per heavy atom. The fourth-order valence-corrected chi connectivity index (χ4v) is 9.75. The standard InChI is InChI=1S/C40H62N2O10/c1-24(6-5-9-25-7-3-2-4-8-25)28(18-26-16-17-41-20-26)21-42-23-40(49)37(46)35(45)36(38(47)48)52-39(40)51-30-14-15-31-33(19-30)50-22-32(34(31)44)27-10-12-29(43)13-11-27/h5,9,16-17,20,24-25,27-37,39,42-46,49H,2-4,6-8,10-15,18-19,21-23H2,1H3/p+1/t24-,27?,28+,29?,30?,31?,32?,33?,34?,35-,36+,37+,39-,40+/m1/s1. The van der Waals surface area contributed by atoms with Gasteiger partial charge in [-0.05, 0) is 88.0 Å². The first-order valence-electron chi connectivity index (χ1n) is 20.1. The number of aliphatic imine (C=N–C) groups is 1. The summed E-state index contributed by atoms with van der Waals surface area (Å²) in [7, 11) is 0. The average Bonchev–Trinajstić information content (AvgIpc) is 3.66. The zero-order valence-corrected chi connectivity index (χ0v) is 30.8. The van der Waals surface area contributed by atoms with Crippen LogP contribution in [0.1, 0.15) is 96.8 Å². The minimum Gasteiger partial charge on any atom is -0.479 e. The van der Waals surface area contributed by atoms with Crippen LogP contribution < -0.4 is 5.32 Å². The number of aliphatic hydroxyl groups is 5. The minimum atomic E-state index is -2.15. The number of ether oxygens (including phenoxy) is 3. The van der Waals surface area contributed by atoms with Crippen molar-refractivity contribution in [2.45, 2.75) is 151 Å². The van der Waals surface area contributed by atoms with Crippen molar-refractivity contribution in [1.82, 2.24) is 5.32 Å². The van der Waals surface area contributed by atoms with Crippen LogP contribution in [-0.2, 0) is 19.0 Å². The van der Waals surface area contributed by atoms with Crippen LogP contribution >= 0.6 is 0 Å². The van der Waals surface area contributed by atoms with Crippen molar-refractivity contribution >= 4 is 12.2 Å². The summed E-state index contributed by atoms with van der Waals surface area (Å²) >= 11 is 0. The molecule has 2 saturated heterocycles. The minimum absolute atomic E-state index is 0.0202. The fraction of sp³-hybridized carbons (Fsp3) is 0.825. The highest BCUT2D eigenvalue weighted by Crippen LogP contribution is 2.44. The van der Waals surface area contributed by atoms with Crippen LogP contribution in [-0.4, -0.2) is 117 Å². The molecule has 5 unspecified atom stereocenters. The van der Waals surface area contributed by atoms with Crippen molar-refractivity contribution in [2.75, 3.05) is 19.7 Å². The summed E-state index contributed by atoms with van der Waals surface area (Å²) in [6.07, 6.45) is 12.8. The number of fused-ring (bicyclic) bond motifs is 1. The number of nitrogens with one attached hydrogen (secondary N) is 1. The molecule has 6 rings (SSSR count). The molecule has 0 aromatic heterocycles. The maximum atomic E-state index is 12.1. The summed E-state index contributed by atoms with van der Waals surface area (Å²) in [6, 6.07) is 0. The van der Waals surface area contributed by atoms with Gasteiger partial charge in [-0.25, -0.2) is 4.79 Å². The first-order valence-corrected chi connectivity index (χ1v) is 20.1. The Kier molecular flexibility index (Phi) is 13.9. The normalized spacial score (nSPS) is 41.3. The van der Waals surface area contributed by atoms with Crippen LogP contribution in [0.4, 0.5) is 0 Å². The molecule has 7 N–H and O–H groups in total. The highest BCUT2D eigenvalue weighted by molar-refractivity contribution is 5.82. The summed E-state index contributed by atoms with van der Waals surface area (Å²) in [5.74, 6) is -0.0982. The number of carbonyl (C=O) groups is 1. The summed E-state index contributed by atoms with van der Waals surface area (Å²) in [4.78, 5) is 16.3. The van der Waals surface area contributed by atoms with Crippen molar-refractivity contribution in [3.8, 4) is 0 Å². The van der Waals surface area contributed by atoms with Gasteiger partial charge in [0.15, 0.2) is 24.2 Å². The largest absolute Gasteiger partial charge is 0.479 e. The predicted molar refractivity (Wildman–Crippen MR) is 194 cm³/mol. The van der Waals surface area contributed by atoms with Crippen molar-refractivity contribution in [2.24, 2.45) is 40.5 Å². The third-order valence-electron chi connectivity index (χ3n) is 13.2. The molecule has 3 saturated carbocycles. The Morgan fingerprint density at radius 3 is 2.54 bits per heavy atom. The molecule has 5 fully saturated rings. The summed E-state index contributed by atoms with van der Waals surface area (Å²) in [5.41, 5.74) is -1.03. The van der Waals surface area contributed by atoms with Gasteiger partial charge in [-0.15, -0.1) is 4.99 Å². The predicted octanol–water partition coefficient (Wildman–Crippen LogP) is 3.29. The lowest BCUT2D eigenvalue weighted by Gasteiger charge is -2.50. The lowest BCUT2D eigenvalue weighted by Crippen LogP contribution is -2.71. The number of aliphatic carboxylic acids is 1. The molecule has 12 nitrogen and oxygen atoms in total. The Morgan fingerprint density at radius 2 is 1.83 bits per heavy atom. The van der Waals surface area contributed by atoms with Gasteiger partial charge in [0.1, 0.15) is 24.3 Å². The van der Waals surface area contributed by atoms with Gasteiger partial charge in [0.25, 0.3) is 0 Å². The van der Waals surface area contributed by atoms with E-state index in [1.807, 2.05) is 12.3 Å². The molecule has 0 aromatic carbocycles. The van der Waals surface area contributed by atoms with E-state index in [1.54, 1.807) is 6.54 Å². The smallest absolute Gasteiger partial charge is 0.335 e. The zero-order valence-electron chi connectivity index (χ0n) is 30.8. The van der Waals surface area contributed by atoms with E-state index in [9.17, 15) is 35.4 Å². The van der Waals surface area contributed by atoms with Crippen LogP contribution in [0.2, 0.25) is 0 Å². The molecule has 0 aromatic rings. The van der Waals surface area contributed by atoms with Crippen molar-refractivity contribution in [3.05, 3.63) is 30.3 Å². The Balaban J connectivity index is 1.09. The SMILES string of the molecule is C[C@H](CC=CC1CCCCC1)[C@H](CNC[C@@]1(O)[C@H](OC2CCC3C(C2)OCC(C2CCC(O)CC2)C3O)O[C@H](C(=O)O)[C@@H](O)[C@@H]1O)CC1=C[CH+]N=C1. The van der Waals surface area contributed by atoms with Crippen LogP contribution in [0.5, 0.6) is 0 Å².